The van der Waals surface area contributed by atoms with Gasteiger partial charge in [0, 0.05) is 24.1 Å². The maximum absolute atomic E-state index is 12.6. The van der Waals surface area contributed by atoms with Crippen LogP contribution < -0.4 is 18.9 Å². The van der Waals surface area contributed by atoms with Gasteiger partial charge in [0.1, 0.15) is 23.4 Å². The van der Waals surface area contributed by atoms with Crippen molar-refractivity contribution in [3.8, 4) is 17.2 Å². The topological polar surface area (TPSA) is 73.9 Å². The molecule has 2 aromatic carbocycles. The molecule has 27 heavy (non-hydrogen) atoms. The molecule has 0 amide bonds. The summed E-state index contributed by atoms with van der Waals surface area (Å²) in [6.07, 6.45) is 0.943. The van der Waals surface area contributed by atoms with Gasteiger partial charge in [-0.1, -0.05) is 0 Å². The second-order valence-corrected chi connectivity index (χ2v) is 8.13. The van der Waals surface area contributed by atoms with Crippen LogP contribution >= 0.6 is 0 Å². The first-order chi connectivity index (χ1) is 12.9. The monoisotopic (exact) mass is 391 g/mol. The van der Waals surface area contributed by atoms with Crippen molar-refractivity contribution >= 4 is 10.0 Å². The van der Waals surface area contributed by atoms with Crippen LogP contribution in [0.1, 0.15) is 31.9 Å². The van der Waals surface area contributed by atoms with E-state index in [4.69, 9.17) is 14.2 Å². The van der Waals surface area contributed by atoms with Gasteiger partial charge >= 0.3 is 0 Å². The van der Waals surface area contributed by atoms with E-state index < -0.39 is 10.0 Å². The molecule has 0 aromatic heterocycles. The van der Waals surface area contributed by atoms with Gasteiger partial charge in [0.15, 0.2) is 0 Å². The molecule has 0 radical (unpaired) electrons. The highest BCUT2D eigenvalue weighted by Crippen LogP contribution is 2.35. The Morgan fingerprint density at radius 3 is 2.48 bits per heavy atom. The van der Waals surface area contributed by atoms with Crippen LogP contribution in [0.3, 0.4) is 0 Å². The molecule has 3 rings (SSSR count). The zero-order chi connectivity index (χ0) is 19.4. The number of benzene rings is 2. The quantitative estimate of drug-likeness (QED) is 0.747. The molecule has 6 nitrogen and oxygen atoms in total. The van der Waals surface area contributed by atoms with Crippen molar-refractivity contribution in [3.05, 3.63) is 47.5 Å². The van der Waals surface area contributed by atoms with E-state index >= 15 is 0 Å². The van der Waals surface area contributed by atoms with Crippen molar-refractivity contribution in [2.24, 2.45) is 0 Å². The van der Waals surface area contributed by atoms with E-state index in [-0.39, 0.29) is 17.5 Å². The van der Waals surface area contributed by atoms with Crippen LogP contribution in [0.25, 0.3) is 0 Å². The third-order valence-electron chi connectivity index (χ3n) is 4.28. The second-order valence-electron chi connectivity index (χ2n) is 6.36. The van der Waals surface area contributed by atoms with Gasteiger partial charge in [-0.15, -0.1) is 0 Å². The first kappa shape index (κ1) is 19.5. The minimum absolute atomic E-state index is 0.116. The van der Waals surface area contributed by atoms with E-state index in [0.717, 1.165) is 23.3 Å². The number of rotatable bonds is 8. The molecule has 0 aliphatic carbocycles. The Labute approximate surface area is 160 Å². The van der Waals surface area contributed by atoms with E-state index in [1.807, 2.05) is 32.9 Å². The molecule has 1 heterocycles. The summed E-state index contributed by atoms with van der Waals surface area (Å²) >= 11 is 0. The molecule has 1 N–H and O–H groups in total. The van der Waals surface area contributed by atoms with Crippen molar-refractivity contribution in [2.75, 3.05) is 13.2 Å². The Bertz CT molecular complexity index is 893. The van der Waals surface area contributed by atoms with Crippen LogP contribution in [-0.2, 0) is 23.0 Å². The number of hydrogen-bond donors (Lipinski definition) is 1. The molecule has 146 valence electrons. The third-order valence-corrected chi connectivity index (χ3v) is 5.69. The van der Waals surface area contributed by atoms with E-state index in [1.165, 1.54) is 12.1 Å². The van der Waals surface area contributed by atoms with Gasteiger partial charge in [-0.2, -0.15) is 0 Å². The summed E-state index contributed by atoms with van der Waals surface area (Å²) in [4.78, 5) is 0.190. The van der Waals surface area contributed by atoms with Crippen LogP contribution in [0.5, 0.6) is 17.2 Å². The van der Waals surface area contributed by atoms with Crippen molar-refractivity contribution in [1.82, 2.24) is 4.72 Å². The maximum atomic E-state index is 12.6. The summed E-state index contributed by atoms with van der Waals surface area (Å²) in [7, 11) is -3.65. The van der Waals surface area contributed by atoms with E-state index in [9.17, 15) is 8.42 Å². The first-order valence-electron chi connectivity index (χ1n) is 9.10. The highest BCUT2D eigenvalue weighted by molar-refractivity contribution is 7.89. The normalized spacial score (nSPS) is 15.9. The number of ether oxygens (including phenoxy) is 3. The van der Waals surface area contributed by atoms with Crippen LogP contribution in [0, 0.1) is 0 Å². The molecule has 0 spiro atoms. The Morgan fingerprint density at radius 1 is 1.11 bits per heavy atom. The highest BCUT2D eigenvalue weighted by Gasteiger charge is 2.23. The second kappa shape index (κ2) is 8.19. The lowest BCUT2D eigenvalue weighted by Crippen LogP contribution is -2.23. The lowest BCUT2D eigenvalue weighted by molar-refractivity contribution is 0.254. The fourth-order valence-electron chi connectivity index (χ4n) is 3.05. The lowest BCUT2D eigenvalue weighted by atomic mass is 10.1. The molecular weight excluding hydrogens is 366 g/mol. The Kier molecular flexibility index (Phi) is 5.92. The molecule has 7 heteroatoms. The summed E-state index contributed by atoms with van der Waals surface area (Å²) in [5.74, 6) is 2.12. The highest BCUT2D eigenvalue weighted by atomic mass is 32.2. The molecular formula is C20H25NO5S. The zero-order valence-corrected chi connectivity index (χ0v) is 16.6. The summed E-state index contributed by atoms with van der Waals surface area (Å²) in [6.45, 7) is 6.95. The van der Waals surface area contributed by atoms with Gasteiger partial charge in [0.05, 0.1) is 18.1 Å². The average Bonchev–Trinajstić information content (AvgIpc) is 3.00. The summed E-state index contributed by atoms with van der Waals surface area (Å²) in [5, 5.41) is 0. The van der Waals surface area contributed by atoms with Crippen molar-refractivity contribution in [2.45, 2.75) is 44.7 Å². The number of sulfonamides is 1. The van der Waals surface area contributed by atoms with Crippen molar-refractivity contribution in [3.63, 3.8) is 0 Å². The minimum Gasteiger partial charge on any atom is -0.494 e. The molecule has 0 bridgehead atoms. The fraction of sp³-hybridized carbons (Fsp3) is 0.400. The minimum atomic E-state index is -3.65. The standard InChI is InChI=1S/C20H25NO5S/c1-4-24-17-6-8-18(9-7-17)27(22,23)21-13-16-12-20-15(10-14(3)26-20)11-19(16)25-5-2/h6-9,11-12,14,21H,4-5,10,13H2,1-3H3/t14-/m1/s1. The fourth-order valence-corrected chi connectivity index (χ4v) is 4.05. The molecule has 1 atom stereocenters. The zero-order valence-electron chi connectivity index (χ0n) is 15.8. The smallest absolute Gasteiger partial charge is 0.240 e. The number of hydrogen-bond acceptors (Lipinski definition) is 5. The van der Waals surface area contributed by atoms with E-state index in [0.29, 0.717) is 24.7 Å². The Morgan fingerprint density at radius 2 is 1.81 bits per heavy atom. The number of fused-ring (bicyclic) bond motifs is 1. The van der Waals surface area contributed by atoms with Crippen molar-refractivity contribution < 1.29 is 22.6 Å². The average molecular weight is 391 g/mol. The molecule has 0 saturated heterocycles. The first-order valence-corrected chi connectivity index (χ1v) is 10.6. The predicted molar refractivity (Wildman–Crippen MR) is 103 cm³/mol. The summed E-state index contributed by atoms with van der Waals surface area (Å²) < 4.78 is 44.7. The van der Waals surface area contributed by atoms with Crippen LogP contribution in [0.4, 0.5) is 0 Å². The SMILES string of the molecule is CCOc1ccc(S(=O)(=O)NCc2cc3c(cc2OCC)C[C@@H](C)O3)cc1. The molecule has 2 aromatic rings. The summed E-state index contributed by atoms with van der Waals surface area (Å²) in [6, 6.07) is 10.2. The third kappa shape index (κ3) is 4.54. The Balaban J connectivity index is 1.78. The van der Waals surface area contributed by atoms with Gasteiger partial charge in [-0.25, -0.2) is 13.1 Å². The van der Waals surface area contributed by atoms with Crippen LogP contribution in [0.15, 0.2) is 41.3 Å². The van der Waals surface area contributed by atoms with E-state index in [1.54, 1.807) is 12.1 Å². The summed E-state index contributed by atoms with van der Waals surface area (Å²) in [5.41, 5.74) is 1.84. The maximum Gasteiger partial charge on any atom is 0.240 e. The van der Waals surface area contributed by atoms with Gasteiger partial charge in [-0.3, -0.25) is 0 Å². The van der Waals surface area contributed by atoms with Crippen LogP contribution in [-0.4, -0.2) is 27.7 Å². The lowest BCUT2D eigenvalue weighted by Gasteiger charge is -2.14. The number of nitrogens with one attached hydrogen (secondary N) is 1. The van der Waals surface area contributed by atoms with Gasteiger partial charge in [-0.05, 0) is 57.2 Å². The van der Waals surface area contributed by atoms with Gasteiger partial charge in [0.25, 0.3) is 0 Å². The molecule has 1 aliphatic rings. The van der Waals surface area contributed by atoms with Gasteiger partial charge < -0.3 is 14.2 Å². The predicted octanol–water partition coefficient (Wildman–Crippen LogP) is 3.29. The van der Waals surface area contributed by atoms with Crippen molar-refractivity contribution in [1.29, 1.82) is 0 Å². The molecule has 0 unspecified atom stereocenters. The molecule has 1 aliphatic heterocycles. The molecule has 0 fully saturated rings. The van der Waals surface area contributed by atoms with E-state index in [2.05, 4.69) is 4.72 Å². The molecule has 0 saturated carbocycles. The van der Waals surface area contributed by atoms with Crippen LogP contribution in [0.2, 0.25) is 0 Å². The Hall–Kier alpha value is -2.25. The van der Waals surface area contributed by atoms with Gasteiger partial charge in [0.2, 0.25) is 10.0 Å². The largest absolute Gasteiger partial charge is 0.494 e.